The Morgan fingerprint density at radius 2 is 1.97 bits per heavy atom. The summed E-state index contributed by atoms with van der Waals surface area (Å²) in [6, 6.07) is 4.21. The highest BCUT2D eigenvalue weighted by Gasteiger charge is 2.24. The monoisotopic (exact) mass is 534 g/mol. The largest absolute Gasteiger partial charge is 0.469 e. The van der Waals surface area contributed by atoms with Crippen LogP contribution in [0, 0.1) is 0 Å². The van der Waals surface area contributed by atoms with Crippen LogP contribution in [0.3, 0.4) is 0 Å². The Morgan fingerprint density at radius 3 is 2.63 bits per heavy atom. The number of ether oxygens (including phenoxy) is 1. The number of esters is 1. The molecule has 1 saturated heterocycles. The number of carbonyl (C=O) groups is 1. The molecule has 0 spiro atoms. The van der Waals surface area contributed by atoms with Gasteiger partial charge >= 0.3 is 5.97 Å². The zero-order valence-corrected chi connectivity index (χ0v) is 20.9. The van der Waals surface area contributed by atoms with Crippen LogP contribution in [-0.2, 0) is 9.53 Å². The van der Waals surface area contributed by atoms with Crippen molar-refractivity contribution in [3.63, 3.8) is 0 Å². The third-order valence-electron chi connectivity index (χ3n) is 5.30. The van der Waals surface area contributed by atoms with Crippen molar-refractivity contribution in [2.24, 2.45) is 4.99 Å². The van der Waals surface area contributed by atoms with E-state index in [1.54, 1.807) is 6.26 Å². The third-order valence-corrected chi connectivity index (χ3v) is 5.30. The van der Waals surface area contributed by atoms with Gasteiger partial charge in [0.2, 0.25) is 0 Å². The zero-order valence-electron chi connectivity index (χ0n) is 18.5. The molecule has 0 aromatic carbocycles. The predicted octanol–water partition coefficient (Wildman–Crippen LogP) is 4.10. The lowest BCUT2D eigenvalue weighted by molar-refractivity contribution is -0.140. The number of guanidine groups is 1. The second-order valence-electron chi connectivity index (χ2n) is 7.51. The van der Waals surface area contributed by atoms with E-state index in [0.717, 1.165) is 63.6 Å². The van der Waals surface area contributed by atoms with Crippen LogP contribution in [-0.4, -0.2) is 56.7 Å². The van der Waals surface area contributed by atoms with Gasteiger partial charge in [-0.15, -0.1) is 24.0 Å². The van der Waals surface area contributed by atoms with Crippen molar-refractivity contribution in [2.75, 3.05) is 39.8 Å². The summed E-state index contributed by atoms with van der Waals surface area (Å²) in [4.78, 5) is 18.5. The standard InChI is InChI=1S/C22H38N4O3.HI/c1-3-23-22(24-14-8-5-4-7-13-21(27)28-2)25-18-19(20-12-11-17-29-20)26-15-9-6-10-16-26;/h11-12,17,19H,3-10,13-16,18H2,1-2H3,(H2,23,24,25);1H. The van der Waals surface area contributed by atoms with Crippen molar-refractivity contribution in [3.8, 4) is 0 Å². The van der Waals surface area contributed by atoms with E-state index in [1.165, 1.54) is 26.4 Å². The summed E-state index contributed by atoms with van der Waals surface area (Å²) in [5, 5.41) is 6.77. The fraction of sp³-hybridized carbons (Fsp3) is 0.727. The summed E-state index contributed by atoms with van der Waals surface area (Å²) in [5.74, 6) is 1.73. The topological polar surface area (TPSA) is 79.1 Å². The number of hydrogen-bond acceptors (Lipinski definition) is 5. The number of nitrogens with zero attached hydrogens (tertiary/aromatic N) is 2. The lowest BCUT2D eigenvalue weighted by Gasteiger charge is -2.32. The number of hydrogen-bond donors (Lipinski definition) is 2. The highest BCUT2D eigenvalue weighted by atomic mass is 127. The van der Waals surface area contributed by atoms with Crippen LogP contribution in [0.4, 0.5) is 0 Å². The molecule has 1 aromatic heterocycles. The van der Waals surface area contributed by atoms with E-state index < -0.39 is 0 Å². The first-order chi connectivity index (χ1) is 14.2. The summed E-state index contributed by atoms with van der Waals surface area (Å²) in [6.07, 6.45) is 10.1. The van der Waals surface area contributed by atoms with Gasteiger partial charge in [-0.1, -0.05) is 19.3 Å². The summed E-state index contributed by atoms with van der Waals surface area (Å²) >= 11 is 0. The van der Waals surface area contributed by atoms with Crippen molar-refractivity contribution in [2.45, 2.75) is 64.3 Å². The van der Waals surface area contributed by atoms with Gasteiger partial charge in [0, 0.05) is 19.5 Å². The van der Waals surface area contributed by atoms with E-state index >= 15 is 0 Å². The maximum absolute atomic E-state index is 11.1. The lowest BCUT2D eigenvalue weighted by atomic mass is 10.1. The molecule has 8 heteroatoms. The van der Waals surface area contributed by atoms with Gasteiger partial charge in [-0.25, -0.2) is 0 Å². The molecule has 1 atom stereocenters. The van der Waals surface area contributed by atoms with Crippen molar-refractivity contribution in [1.29, 1.82) is 0 Å². The fourth-order valence-electron chi connectivity index (χ4n) is 3.67. The molecule has 172 valence electrons. The van der Waals surface area contributed by atoms with Gasteiger partial charge < -0.3 is 19.8 Å². The Morgan fingerprint density at radius 1 is 1.20 bits per heavy atom. The van der Waals surface area contributed by atoms with E-state index in [0.29, 0.717) is 13.0 Å². The highest BCUT2D eigenvalue weighted by Crippen LogP contribution is 2.25. The molecule has 7 nitrogen and oxygen atoms in total. The van der Waals surface area contributed by atoms with Crippen molar-refractivity contribution >= 4 is 35.9 Å². The predicted molar refractivity (Wildman–Crippen MR) is 131 cm³/mol. The van der Waals surface area contributed by atoms with Gasteiger partial charge in [0.05, 0.1) is 26.0 Å². The van der Waals surface area contributed by atoms with Crippen LogP contribution in [0.15, 0.2) is 27.8 Å². The van der Waals surface area contributed by atoms with Gasteiger partial charge in [-0.2, -0.15) is 0 Å². The Balaban J connectivity index is 0.00000450. The second kappa shape index (κ2) is 16.4. The first-order valence-corrected chi connectivity index (χ1v) is 11.1. The van der Waals surface area contributed by atoms with Crippen LogP contribution < -0.4 is 10.6 Å². The van der Waals surface area contributed by atoms with Gasteiger partial charge in [-0.3, -0.25) is 14.7 Å². The maximum atomic E-state index is 11.1. The molecule has 2 heterocycles. The van der Waals surface area contributed by atoms with Crippen LogP contribution in [0.1, 0.15) is 70.1 Å². The van der Waals surface area contributed by atoms with Gasteiger partial charge in [-0.05, 0) is 57.8 Å². The molecule has 1 aromatic rings. The Kier molecular flexibility index (Phi) is 14.6. The summed E-state index contributed by atoms with van der Waals surface area (Å²) in [6.45, 7) is 6.69. The number of likely N-dealkylation sites (tertiary alicyclic amines) is 1. The first-order valence-electron chi connectivity index (χ1n) is 11.1. The molecule has 1 unspecified atom stereocenters. The number of furan rings is 1. The number of carbonyl (C=O) groups excluding carboxylic acids is 1. The average Bonchev–Trinajstić information content (AvgIpc) is 3.28. The van der Waals surface area contributed by atoms with Crippen molar-refractivity contribution < 1.29 is 13.9 Å². The molecule has 1 aliphatic heterocycles. The molecule has 0 amide bonds. The zero-order chi connectivity index (χ0) is 20.7. The maximum Gasteiger partial charge on any atom is 0.305 e. The molecule has 1 fully saturated rings. The smallest absolute Gasteiger partial charge is 0.305 e. The van der Waals surface area contributed by atoms with Crippen LogP contribution >= 0.6 is 24.0 Å². The van der Waals surface area contributed by atoms with Gasteiger partial charge in [0.1, 0.15) is 5.76 Å². The minimum Gasteiger partial charge on any atom is -0.469 e. The minimum atomic E-state index is -0.121. The Labute approximate surface area is 198 Å². The quantitative estimate of drug-likeness (QED) is 0.138. The highest BCUT2D eigenvalue weighted by molar-refractivity contribution is 14.0. The van der Waals surface area contributed by atoms with E-state index in [1.807, 2.05) is 6.07 Å². The van der Waals surface area contributed by atoms with E-state index in [-0.39, 0.29) is 36.0 Å². The van der Waals surface area contributed by atoms with Crippen LogP contribution in [0.2, 0.25) is 0 Å². The molecule has 0 bridgehead atoms. The number of rotatable bonds is 12. The fourth-order valence-corrected chi connectivity index (χ4v) is 3.67. The molecule has 0 aliphatic carbocycles. The normalized spacial score (nSPS) is 15.9. The third kappa shape index (κ3) is 10.1. The number of methoxy groups -OCH3 is 1. The summed E-state index contributed by atoms with van der Waals surface area (Å²) in [5.41, 5.74) is 0. The van der Waals surface area contributed by atoms with Crippen LogP contribution in [0.5, 0.6) is 0 Å². The molecular weight excluding hydrogens is 495 g/mol. The average molecular weight is 534 g/mol. The molecule has 30 heavy (non-hydrogen) atoms. The summed E-state index contributed by atoms with van der Waals surface area (Å²) in [7, 11) is 1.44. The number of unbranched alkanes of at least 4 members (excludes halogenated alkanes) is 3. The van der Waals surface area contributed by atoms with Gasteiger partial charge in [0.25, 0.3) is 0 Å². The first kappa shape index (κ1) is 26.7. The SMILES string of the molecule is CCNC(=NCC(c1ccco1)N1CCCCC1)NCCCCCCC(=O)OC.I. The molecular formula is C22H39IN4O3. The lowest BCUT2D eigenvalue weighted by Crippen LogP contribution is -2.39. The van der Waals surface area contributed by atoms with Crippen LogP contribution in [0.25, 0.3) is 0 Å². The molecule has 0 saturated carbocycles. The molecule has 1 aliphatic rings. The molecule has 2 rings (SSSR count). The Hall–Kier alpha value is -1.29. The molecule has 0 radical (unpaired) electrons. The van der Waals surface area contributed by atoms with E-state index in [2.05, 4.69) is 33.3 Å². The number of aliphatic imine (C=N–C) groups is 1. The second-order valence-corrected chi connectivity index (χ2v) is 7.51. The van der Waals surface area contributed by atoms with E-state index in [9.17, 15) is 4.79 Å². The van der Waals surface area contributed by atoms with Gasteiger partial charge in [0.15, 0.2) is 5.96 Å². The number of nitrogens with one attached hydrogen (secondary N) is 2. The molecule has 2 N–H and O–H groups in total. The Bertz CT molecular complexity index is 589. The van der Waals surface area contributed by atoms with Crippen molar-refractivity contribution in [1.82, 2.24) is 15.5 Å². The van der Waals surface area contributed by atoms with Crippen molar-refractivity contribution in [3.05, 3.63) is 24.2 Å². The summed E-state index contributed by atoms with van der Waals surface area (Å²) < 4.78 is 10.4. The number of piperidine rings is 1. The number of halogens is 1. The van der Waals surface area contributed by atoms with E-state index in [4.69, 9.17) is 9.41 Å². The minimum absolute atomic E-state index is 0.